The van der Waals surface area contributed by atoms with E-state index in [0.29, 0.717) is 33.7 Å². The molecular weight excluding hydrogens is 448 g/mol. The number of anilines is 2. The SMILES string of the molecule is C#CCOc1ccccc1[C@@H]1NC(=S)N(c2cccc(C)c2)C(C)=C1C(=O)Nc1cc(C)on1. The van der Waals surface area contributed by atoms with E-state index in [9.17, 15) is 4.79 Å². The minimum atomic E-state index is -0.574. The quantitative estimate of drug-likeness (QED) is 0.399. The molecule has 0 spiro atoms. The number of carbonyl (C=O) groups excluding carboxylic acids is 1. The van der Waals surface area contributed by atoms with Gasteiger partial charge in [-0.1, -0.05) is 41.4 Å². The molecule has 1 amide bonds. The molecule has 0 aliphatic carbocycles. The number of aromatic nitrogens is 1. The third-order valence-electron chi connectivity index (χ3n) is 5.40. The molecule has 0 saturated heterocycles. The van der Waals surface area contributed by atoms with Crippen LogP contribution in [-0.4, -0.2) is 22.8 Å². The lowest BCUT2D eigenvalue weighted by atomic mass is 9.93. The first-order chi connectivity index (χ1) is 16.4. The second-order valence-electron chi connectivity index (χ2n) is 7.86. The van der Waals surface area contributed by atoms with Gasteiger partial charge in [0.1, 0.15) is 18.1 Å². The van der Waals surface area contributed by atoms with E-state index in [0.717, 1.165) is 16.8 Å². The number of nitrogens with one attached hydrogen (secondary N) is 2. The summed E-state index contributed by atoms with van der Waals surface area (Å²) in [5.74, 6) is 3.63. The summed E-state index contributed by atoms with van der Waals surface area (Å²) >= 11 is 5.76. The minimum absolute atomic E-state index is 0.103. The van der Waals surface area contributed by atoms with E-state index < -0.39 is 6.04 Å². The predicted molar refractivity (Wildman–Crippen MR) is 135 cm³/mol. The molecule has 1 aliphatic heterocycles. The zero-order valence-electron chi connectivity index (χ0n) is 19.1. The van der Waals surface area contributed by atoms with Crippen molar-refractivity contribution in [1.82, 2.24) is 10.5 Å². The maximum Gasteiger partial charge on any atom is 0.257 e. The lowest BCUT2D eigenvalue weighted by Crippen LogP contribution is -2.48. The molecule has 4 rings (SSSR count). The number of ether oxygens (including phenoxy) is 1. The maximum atomic E-state index is 13.6. The number of aryl methyl sites for hydroxylation is 2. The molecule has 0 radical (unpaired) electrons. The molecule has 172 valence electrons. The number of hydrogen-bond donors (Lipinski definition) is 2. The van der Waals surface area contributed by atoms with Crippen molar-refractivity contribution in [1.29, 1.82) is 0 Å². The normalized spacial score (nSPS) is 15.5. The summed E-state index contributed by atoms with van der Waals surface area (Å²) < 4.78 is 10.9. The molecule has 34 heavy (non-hydrogen) atoms. The molecule has 0 bridgehead atoms. The van der Waals surface area contributed by atoms with Crippen molar-refractivity contribution in [3.8, 4) is 18.1 Å². The predicted octanol–water partition coefficient (Wildman–Crippen LogP) is 4.65. The number of para-hydroxylation sites is 1. The smallest absolute Gasteiger partial charge is 0.257 e. The Morgan fingerprint density at radius 3 is 2.74 bits per heavy atom. The number of thiocarbonyl (C=S) groups is 1. The number of amides is 1. The van der Waals surface area contributed by atoms with Crippen LogP contribution < -0.4 is 20.3 Å². The van der Waals surface area contributed by atoms with Gasteiger partial charge in [0.2, 0.25) is 0 Å². The van der Waals surface area contributed by atoms with Crippen molar-refractivity contribution in [3.63, 3.8) is 0 Å². The second kappa shape index (κ2) is 9.81. The van der Waals surface area contributed by atoms with Gasteiger partial charge >= 0.3 is 0 Å². The Labute approximate surface area is 203 Å². The number of allylic oxidation sites excluding steroid dienone is 1. The zero-order chi connectivity index (χ0) is 24.2. The molecule has 2 aromatic carbocycles. The number of terminal acetylenes is 1. The maximum absolute atomic E-state index is 13.6. The van der Waals surface area contributed by atoms with Gasteiger partial charge in [0.25, 0.3) is 5.91 Å². The van der Waals surface area contributed by atoms with Crippen LogP contribution in [0.15, 0.2) is 70.4 Å². The summed E-state index contributed by atoms with van der Waals surface area (Å²) in [7, 11) is 0. The van der Waals surface area contributed by atoms with Gasteiger partial charge in [-0.15, -0.1) is 6.42 Å². The standard InChI is InChI=1S/C26H24N4O3S/c1-5-13-32-21-12-7-6-11-20(21)24-23(25(31)27-22-15-17(3)33-29-22)18(4)30(26(34)28-24)19-10-8-9-16(2)14-19/h1,6-12,14-15,24H,13H2,2-4H3,(H,28,34)(H,27,29,31)/t24-/m0/s1. The minimum Gasteiger partial charge on any atom is -0.481 e. The fourth-order valence-corrected chi connectivity index (χ4v) is 4.29. The van der Waals surface area contributed by atoms with Gasteiger partial charge in [0.05, 0.1) is 11.6 Å². The molecule has 1 aliphatic rings. The van der Waals surface area contributed by atoms with Crippen LogP contribution in [0, 0.1) is 26.2 Å². The first-order valence-electron chi connectivity index (χ1n) is 10.7. The van der Waals surface area contributed by atoms with E-state index in [4.69, 9.17) is 27.9 Å². The second-order valence-corrected chi connectivity index (χ2v) is 8.25. The average molecular weight is 473 g/mol. The Bertz CT molecular complexity index is 1320. The van der Waals surface area contributed by atoms with Gasteiger partial charge in [-0.2, -0.15) is 0 Å². The Morgan fingerprint density at radius 1 is 1.24 bits per heavy atom. The van der Waals surface area contributed by atoms with Crippen LogP contribution in [0.3, 0.4) is 0 Å². The third kappa shape index (κ3) is 4.65. The molecule has 3 aromatic rings. The van der Waals surface area contributed by atoms with E-state index >= 15 is 0 Å². The van der Waals surface area contributed by atoms with Crippen LogP contribution >= 0.6 is 12.2 Å². The summed E-state index contributed by atoms with van der Waals surface area (Å²) in [6.07, 6.45) is 5.40. The van der Waals surface area contributed by atoms with Crippen molar-refractivity contribution in [2.45, 2.75) is 26.8 Å². The van der Waals surface area contributed by atoms with E-state index in [1.165, 1.54) is 0 Å². The average Bonchev–Trinajstić information content (AvgIpc) is 3.21. The largest absolute Gasteiger partial charge is 0.481 e. The molecule has 2 N–H and O–H groups in total. The zero-order valence-corrected chi connectivity index (χ0v) is 19.9. The molecular formula is C26H24N4O3S. The van der Waals surface area contributed by atoms with Gasteiger partial charge in [-0.05, 0) is 56.8 Å². The number of rotatable bonds is 6. The van der Waals surface area contributed by atoms with Gasteiger partial charge in [-0.3, -0.25) is 9.69 Å². The topological polar surface area (TPSA) is 79.6 Å². The molecule has 8 heteroatoms. The highest BCUT2D eigenvalue weighted by atomic mass is 32.1. The fraction of sp³-hybridized carbons (Fsp3) is 0.192. The van der Waals surface area contributed by atoms with Crippen LogP contribution in [0.25, 0.3) is 0 Å². The van der Waals surface area contributed by atoms with Gasteiger partial charge < -0.3 is 19.9 Å². The van der Waals surface area contributed by atoms with E-state index in [1.807, 2.05) is 67.3 Å². The van der Waals surface area contributed by atoms with Crippen molar-refractivity contribution in [2.24, 2.45) is 0 Å². The van der Waals surface area contributed by atoms with Gasteiger partial charge in [-0.25, -0.2) is 0 Å². The molecule has 7 nitrogen and oxygen atoms in total. The van der Waals surface area contributed by atoms with Crippen LogP contribution in [0.4, 0.5) is 11.5 Å². The molecule has 1 aromatic heterocycles. The highest BCUT2D eigenvalue weighted by Gasteiger charge is 2.36. The van der Waals surface area contributed by atoms with Gasteiger partial charge in [0, 0.05) is 23.0 Å². The van der Waals surface area contributed by atoms with E-state index in [1.54, 1.807) is 13.0 Å². The number of carbonyl (C=O) groups is 1. The summed E-state index contributed by atoms with van der Waals surface area (Å²) in [6, 6.07) is 16.4. The monoisotopic (exact) mass is 472 g/mol. The van der Waals surface area contributed by atoms with Crippen molar-refractivity contribution in [3.05, 3.63) is 82.8 Å². The summed E-state index contributed by atoms with van der Waals surface area (Å²) in [6.45, 7) is 5.74. The van der Waals surface area contributed by atoms with Crippen molar-refractivity contribution >= 4 is 34.7 Å². The highest BCUT2D eigenvalue weighted by molar-refractivity contribution is 7.80. The Kier molecular flexibility index (Phi) is 6.66. The Balaban J connectivity index is 1.83. The summed E-state index contributed by atoms with van der Waals surface area (Å²) in [5, 5.41) is 10.5. The van der Waals surface area contributed by atoms with Crippen LogP contribution in [0.5, 0.6) is 5.75 Å². The molecule has 0 unspecified atom stereocenters. The molecule has 1 atom stereocenters. The fourth-order valence-electron chi connectivity index (χ4n) is 3.93. The van der Waals surface area contributed by atoms with Gasteiger partial charge in [0.15, 0.2) is 10.9 Å². The van der Waals surface area contributed by atoms with Crippen molar-refractivity contribution < 1.29 is 14.1 Å². The number of nitrogens with zero attached hydrogens (tertiary/aromatic N) is 2. The molecule has 0 saturated carbocycles. The van der Waals surface area contributed by atoms with Crippen LogP contribution in [0.2, 0.25) is 0 Å². The molecule has 2 heterocycles. The number of hydrogen-bond acceptors (Lipinski definition) is 5. The van der Waals surface area contributed by atoms with E-state index in [2.05, 4.69) is 21.7 Å². The van der Waals surface area contributed by atoms with Crippen LogP contribution in [0.1, 0.15) is 29.9 Å². The summed E-state index contributed by atoms with van der Waals surface area (Å²) in [4.78, 5) is 15.5. The number of benzene rings is 2. The third-order valence-corrected chi connectivity index (χ3v) is 5.70. The van der Waals surface area contributed by atoms with E-state index in [-0.39, 0.29) is 12.5 Å². The lowest BCUT2D eigenvalue weighted by Gasteiger charge is -2.38. The Hall–Kier alpha value is -4.09. The Morgan fingerprint density at radius 2 is 2.03 bits per heavy atom. The summed E-state index contributed by atoms with van der Waals surface area (Å²) in [5.41, 5.74) is 3.82. The van der Waals surface area contributed by atoms with Crippen molar-refractivity contribution in [2.75, 3.05) is 16.8 Å². The highest BCUT2D eigenvalue weighted by Crippen LogP contribution is 2.37. The first-order valence-corrected chi connectivity index (χ1v) is 11.1. The lowest BCUT2D eigenvalue weighted by molar-refractivity contribution is -0.113. The van der Waals surface area contributed by atoms with Crippen LogP contribution in [-0.2, 0) is 4.79 Å². The molecule has 0 fully saturated rings. The first kappa shape index (κ1) is 23.1.